The minimum atomic E-state index is -4.02. The number of phosphoric acid groups is 1. The topological polar surface area (TPSA) is 135 Å². The number of nitrogens with two attached hydrogens (primary N) is 1. The number of aliphatic hydroxyl groups is 1. The quantitative estimate of drug-likeness (QED) is 0.638. The van der Waals surface area contributed by atoms with Crippen LogP contribution in [0.5, 0.6) is 11.5 Å². The highest BCUT2D eigenvalue weighted by atomic mass is 32.2. The molecule has 0 aliphatic carbocycles. The Balaban J connectivity index is 1.46. The zero-order valence-corrected chi connectivity index (χ0v) is 17.4. The van der Waals surface area contributed by atoms with E-state index < -0.39 is 36.4 Å². The van der Waals surface area contributed by atoms with E-state index in [1.807, 2.05) is 0 Å². The van der Waals surface area contributed by atoms with Gasteiger partial charge in [0.15, 0.2) is 17.7 Å². The van der Waals surface area contributed by atoms with Crippen LogP contribution in [0.25, 0.3) is 0 Å². The van der Waals surface area contributed by atoms with Gasteiger partial charge in [-0.2, -0.15) is 4.98 Å². The minimum Gasteiger partial charge on any atom is -0.493 e. The zero-order chi connectivity index (χ0) is 21.5. The van der Waals surface area contributed by atoms with Crippen LogP contribution in [-0.2, 0) is 20.2 Å². The number of rotatable bonds is 5. The maximum atomic E-state index is 14.7. The third-order valence-electron chi connectivity index (χ3n) is 4.68. The van der Waals surface area contributed by atoms with Gasteiger partial charge in [0, 0.05) is 11.8 Å². The first-order chi connectivity index (χ1) is 14.3. The van der Waals surface area contributed by atoms with Crippen molar-refractivity contribution in [3.8, 4) is 11.5 Å². The van der Waals surface area contributed by atoms with E-state index in [0.717, 1.165) is 16.3 Å². The maximum Gasteiger partial charge on any atom is 0.530 e. The van der Waals surface area contributed by atoms with Crippen LogP contribution in [0.3, 0.4) is 0 Å². The molecule has 0 bridgehead atoms. The molecule has 0 amide bonds. The summed E-state index contributed by atoms with van der Waals surface area (Å²) in [6, 6.07) is 6.47. The number of phosphoric ester groups is 1. The van der Waals surface area contributed by atoms with Crippen molar-refractivity contribution in [3.05, 3.63) is 46.5 Å². The van der Waals surface area contributed by atoms with Gasteiger partial charge in [-0.15, -0.1) is 11.8 Å². The van der Waals surface area contributed by atoms with Crippen molar-refractivity contribution in [1.29, 1.82) is 0 Å². The van der Waals surface area contributed by atoms with E-state index in [4.69, 9.17) is 24.0 Å². The van der Waals surface area contributed by atoms with Crippen LogP contribution in [0.15, 0.2) is 35.3 Å². The molecule has 162 valence electrons. The first kappa shape index (κ1) is 21.1. The molecule has 30 heavy (non-hydrogen) atoms. The molecule has 10 nitrogen and oxygen atoms in total. The van der Waals surface area contributed by atoms with Crippen LogP contribution in [-0.4, -0.2) is 45.9 Å². The van der Waals surface area contributed by atoms with Gasteiger partial charge in [-0.25, -0.2) is 13.8 Å². The van der Waals surface area contributed by atoms with Gasteiger partial charge >= 0.3 is 13.5 Å². The van der Waals surface area contributed by atoms with Gasteiger partial charge in [-0.3, -0.25) is 13.6 Å². The van der Waals surface area contributed by atoms with Crippen LogP contribution in [0.1, 0.15) is 10.9 Å². The van der Waals surface area contributed by atoms with Crippen LogP contribution >= 0.6 is 19.6 Å². The van der Waals surface area contributed by atoms with E-state index in [1.165, 1.54) is 19.4 Å². The molecule has 3 heterocycles. The van der Waals surface area contributed by atoms with Gasteiger partial charge < -0.3 is 20.1 Å². The number of halogens is 1. The number of fused-ring (bicyclic) bond motifs is 1. The van der Waals surface area contributed by atoms with Gasteiger partial charge in [0.2, 0.25) is 0 Å². The van der Waals surface area contributed by atoms with Crippen LogP contribution in [0.4, 0.5) is 10.2 Å². The first-order valence-electron chi connectivity index (χ1n) is 8.88. The summed E-state index contributed by atoms with van der Waals surface area (Å²) in [4.78, 5) is 15.6. The smallest absolute Gasteiger partial charge is 0.493 e. The fraction of sp³-hybridized carbons (Fsp3) is 0.412. The molecule has 1 saturated heterocycles. The van der Waals surface area contributed by atoms with Crippen LogP contribution < -0.4 is 20.7 Å². The second-order valence-electron chi connectivity index (χ2n) is 6.60. The lowest BCUT2D eigenvalue weighted by molar-refractivity contribution is 0.0577. The number of methoxy groups -OCH3 is 1. The number of thioether (sulfide) groups is 1. The Morgan fingerprint density at radius 1 is 1.47 bits per heavy atom. The van der Waals surface area contributed by atoms with Crippen molar-refractivity contribution < 1.29 is 32.4 Å². The Kier molecular flexibility index (Phi) is 5.78. The summed E-state index contributed by atoms with van der Waals surface area (Å²) in [5, 5.41) is 8.40. The molecule has 3 N–H and O–H groups in total. The molecule has 0 saturated carbocycles. The highest BCUT2D eigenvalue weighted by molar-refractivity contribution is 8.00. The van der Waals surface area contributed by atoms with E-state index in [1.54, 1.807) is 18.2 Å². The fourth-order valence-electron chi connectivity index (χ4n) is 3.14. The number of anilines is 1. The average Bonchev–Trinajstić information content (AvgIpc) is 3.00. The van der Waals surface area contributed by atoms with E-state index in [2.05, 4.69) is 4.98 Å². The molecule has 2 aliphatic rings. The van der Waals surface area contributed by atoms with Crippen LogP contribution in [0, 0.1) is 0 Å². The summed E-state index contributed by atoms with van der Waals surface area (Å²) in [6.45, 7) is -0.354. The summed E-state index contributed by atoms with van der Waals surface area (Å²) < 4.78 is 49.8. The Bertz CT molecular complexity index is 1040. The molecule has 0 radical (unpaired) electrons. The SMILES string of the molecule is COc1cccc2c1OP(=O)(OC[C@H]1S[C@@H](n3ccc(N)nc3=O)[C@@H](F)[C@@H]1O)OC2. The van der Waals surface area contributed by atoms with E-state index >= 15 is 0 Å². The third-order valence-corrected chi connectivity index (χ3v) is 7.53. The molecular weight excluding hydrogens is 440 g/mol. The summed E-state index contributed by atoms with van der Waals surface area (Å²) in [7, 11) is -2.57. The van der Waals surface area contributed by atoms with E-state index in [0.29, 0.717) is 11.3 Å². The lowest BCUT2D eigenvalue weighted by atomic mass is 10.1. The Morgan fingerprint density at radius 3 is 3.00 bits per heavy atom. The molecule has 2 aromatic rings. The third kappa shape index (κ3) is 3.93. The fourth-order valence-corrected chi connectivity index (χ4v) is 5.91. The lowest BCUT2D eigenvalue weighted by Crippen LogP contribution is -2.33. The van der Waals surface area contributed by atoms with Crippen LogP contribution in [0.2, 0.25) is 0 Å². The highest BCUT2D eigenvalue weighted by Crippen LogP contribution is 2.57. The number of ether oxygens (including phenoxy) is 1. The first-order valence-corrected chi connectivity index (χ1v) is 11.3. The standard InChI is InChI=1S/C17H19FN3O7PS/c1-25-10-4-2-3-9-7-26-29(24,28-15(9)10)27-8-11-14(22)13(18)16(30-11)21-6-5-12(19)20-17(21)23/h2-6,11,13-14,16,22H,7-8H2,1H3,(H2,19,20,23)/t11-,13+,14-,16-,29?/m1/s1. The van der Waals surface area contributed by atoms with E-state index in [-0.39, 0.29) is 24.8 Å². The van der Waals surface area contributed by atoms with Gasteiger partial charge in [-0.05, 0) is 12.1 Å². The summed E-state index contributed by atoms with van der Waals surface area (Å²) >= 11 is 0.956. The molecule has 1 unspecified atom stereocenters. The Morgan fingerprint density at radius 2 is 2.27 bits per heavy atom. The predicted molar refractivity (Wildman–Crippen MR) is 106 cm³/mol. The number of benzene rings is 1. The molecule has 1 aromatic heterocycles. The number of nitrogens with zero attached hydrogens (tertiary/aromatic N) is 2. The molecule has 5 atom stereocenters. The average molecular weight is 459 g/mol. The monoisotopic (exact) mass is 459 g/mol. The number of para-hydroxylation sites is 1. The molecule has 1 aromatic carbocycles. The molecule has 1 fully saturated rings. The number of alkyl halides is 1. The molecule has 2 aliphatic heterocycles. The normalized spacial score (nSPS) is 30.5. The maximum absolute atomic E-state index is 14.7. The predicted octanol–water partition coefficient (Wildman–Crippen LogP) is 1.88. The van der Waals surface area contributed by atoms with Crippen molar-refractivity contribution in [1.82, 2.24) is 9.55 Å². The van der Waals surface area contributed by atoms with Crippen molar-refractivity contribution >= 4 is 25.4 Å². The second-order valence-corrected chi connectivity index (χ2v) is 9.55. The Hall–Kier alpha value is -2.11. The summed E-state index contributed by atoms with van der Waals surface area (Å²) in [5.74, 6) is 0.624. The molecular formula is C17H19FN3O7PS. The van der Waals surface area contributed by atoms with Crippen molar-refractivity contribution in [2.75, 3.05) is 19.5 Å². The summed E-state index contributed by atoms with van der Waals surface area (Å²) in [5.41, 5.74) is 5.35. The van der Waals surface area contributed by atoms with Gasteiger partial charge in [-0.1, -0.05) is 12.1 Å². The molecule has 0 spiro atoms. The number of nitrogen functional groups attached to an aromatic ring is 1. The molecule has 4 rings (SSSR count). The van der Waals surface area contributed by atoms with Gasteiger partial charge in [0.1, 0.15) is 17.3 Å². The number of hydrogen-bond acceptors (Lipinski definition) is 10. The van der Waals surface area contributed by atoms with Gasteiger partial charge in [0.05, 0.1) is 25.6 Å². The number of aromatic nitrogens is 2. The summed E-state index contributed by atoms with van der Waals surface area (Å²) in [6.07, 6.45) is -1.94. The number of hydrogen-bond donors (Lipinski definition) is 2. The highest BCUT2D eigenvalue weighted by Gasteiger charge is 2.47. The second kappa shape index (κ2) is 8.20. The van der Waals surface area contributed by atoms with Crippen molar-refractivity contribution in [2.45, 2.75) is 29.5 Å². The van der Waals surface area contributed by atoms with Crippen molar-refractivity contribution in [2.24, 2.45) is 0 Å². The molecule has 13 heteroatoms. The Labute approximate surface area is 174 Å². The lowest BCUT2D eigenvalue weighted by Gasteiger charge is -2.27. The van der Waals surface area contributed by atoms with Crippen molar-refractivity contribution in [3.63, 3.8) is 0 Å². The largest absolute Gasteiger partial charge is 0.530 e. The zero-order valence-electron chi connectivity index (χ0n) is 15.7. The van der Waals surface area contributed by atoms with Gasteiger partial charge in [0.25, 0.3) is 0 Å². The minimum absolute atomic E-state index is 0.00971. The number of aliphatic hydroxyl groups excluding tert-OH is 1. The van der Waals surface area contributed by atoms with E-state index in [9.17, 15) is 18.9 Å².